The van der Waals surface area contributed by atoms with Crippen molar-refractivity contribution in [3.8, 4) is 0 Å². The Labute approximate surface area is 104 Å². The maximum atomic E-state index is 8.80. The first kappa shape index (κ1) is 14.2. The minimum Gasteiger partial charge on any atom is -0.396 e. The first-order valence-electron chi connectivity index (χ1n) is 6.31. The molecule has 1 aromatic carbocycles. The van der Waals surface area contributed by atoms with Crippen molar-refractivity contribution in [1.82, 2.24) is 5.32 Å². The van der Waals surface area contributed by atoms with E-state index >= 15 is 0 Å². The molecule has 0 radical (unpaired) electrons. The van der Waals surface area contributed by atoms with Crippen LogP contribution in [0, 0.1) is 6.92 Å². The van der Waals surface area contributed by atoms with E-state index in [0.717, 1.165) is 12.8 Å². The quantitative estimate of drug-likeness (QED) is 0.676. The summed E-state index contributed by atoms with van der Waals surface area (Å²) in [6.45, 7) is 5.06. The molecule has 1 aromatic rings. The van der Waals surface area contributed by atoms with Crippen LogP contribution in [0.3, 0.4) is 0 Å². The van der Waals surface area contributed by atoms with Crippen molar-refractivity contribution in [2.24, 2.45) is 5.73 Å². The largest absolute Gasteiger partial charge is 0.396 e. The second-order valence-electron chi connectivity index (χ2n) is 4.63. The minimum absolute atomic E-state index is 0.198. The van der Waals surface area contributed by atoms with E-state index in [1.54, 1.807) is 0 Å². The Morgan fingerprint density at radius 1 is 1.29 bits per heavy atom. The van der Waals surface area contributed by atoms with Gasteiger partial charge in [-0.2, -0.15) is 0 Å². The van der Waals surface area contributed by atoms with Crippen molar-refractivity contribution in [2.75, 3.05) is 13.2 Å². The molecule has 2 atom stereocenters. The Kier molecular flexibility index (Phi) is 6.19. The Morgan fingerprint density at radius 3 is 2.47 bits per heavy atom. The fraction of sp³-hybridized carbons (Fsp3) is 0.571. The zero-order valence-corrected chi connectivity index (χ0v) is 10.8. The van der Waals surface area contributed by atoms with Gasteiger partial charge in [-0.25, -0.2) is 0 Å². The van der Waals surface area contributed by atoms with E-state index in [2.05, 4.69) is 43.4 Å². The van der Waals surface area contributed by atoms with Gasteiger partial charge in [0.2, 0.25) is 0 Å². The highest BCUT2D eigenvalue weighted by Crippen LogP contribution is 2.14. The summed E-state index contributed by atoms with van der Waals surface area (Å²) in [7, 11) is 0. The highest BCUT2D eigenvalue weighted by atomic mass is 16.2. The van der Waals surface area contributed by atoms with Crippen LogP contribution in [0.1, 0.15) is 36.9 Å². The van der Waals surface area contributed by atoms with Crippen LogP contribution in [-0.4, -0.2) is 24.3 Å². The molecule has 1 rings (SSSR count). The van der Waals surface area contributed by atoms with Gasteiger partial charge in [0, 0.05) is 25.2 Å². The van der Waals surface area contributed by atoms with Gasteiger partial charge in [0.05, 0.1) is 0 Å². The Morgan fingerprint density at radius 2 is 1.94 bits per heavy atom. The van der Waals surface area contributed by atoms with Gasteiger partial charge < -0.3 is 16.2 Å². The maximum absolute atomic E-state index is 8.80. The first-order valence-corrected chi connectivity index (χ1v) is 6.31. The molecular formula is C14H24N2O. The number of nitrogens with one attached hydrogen (secondary N) is 1. The molecule has 17 heavy (non-hydrogen) atoms. The van der Waals surface area contributed by atoms with Crippen LogP contribution in [-0.2, 0) is 0 Å². The summed E-state index contributed by atoms with van der Waals surface area (Å²) in [5.74, 6) is 0. The van der Waals surface area contributed by atoms with Crippen molar-refractivity contribution in [3.05, 3.63) is 35.4 Å². The average molecular weight is 236 g/mol. The normalized spacial score (nSPS) is 14.6. The number of aliphatic hydroxyl groups excluding tert-OH is 1. The predicted molar refractivity (Wildman–Crippen MR) is 71.9 cm³/mol. The van der Waals surface area contributed by atoms with Crippen molar-refractivity contribution in [3.63, 3.8) is 0 Å². The van der Waals surface area contributed by atoms with Gasteiger partial charge in [0.15, 0.2) is 0 Å². The molecule has 0 aliphatic heterocycles. The number of nitrogens with two attached hydrogens (primary N) is 1. The topological polar surface area (TPSA) is 58.3 Å². The van der Waals surface area contributed by atoms with Crippen LogP contribution in [0.5, 0.6) is 0 Å². The molecule has 0 amide bonds. The van der Waals surface area contributed by atoms with E-state index in [0.29, 0.717) is 12.6 Å². The molecule has 0 saturated heterocycles. The lowest BCUT2D eigenvalue weighted by Crippen LogP contribution is -2.35. The Hall–Kier alpha value is -0.900. The van der Waals surface area contributed by atoms with Crippen LogP contribution < -0.4 is 11.1 Å². The van der Waals surface area contributed by atoms with Crippen LogP contribution in [0.15, 0.2) is 24.3 Å². The van der Waals surface area contributed by atoms with Gasteiger partial charge in [0.25, 0.3) is 0 Å². The van der Waals surface area contributed by atoms with Gasteiger partial charge >= 0.3 is 0 Å². The minimum atomic E-state index is 0.198. The highest BCUT2D eigenvalue weighted by Gasteiger charge is 2.12. The molecule has 0 aromatic heterocycles. The van der Waals surface area contributed by atoms with Gasteiger partial charge in [-0.3, -0.25) is 0 Å². The summed E-state index contributed by atoms with van der Waals surface area (Å²) in [6, 6.07) is 9.04. The number of benzene rings is 1. The fourth-order valence-corrected chi connectivity index (χ4v) is 1.92. The number of aliphatic hydroxyl groups is 1. The van der Waals surface area contributed by atoms with Crippen LogP contribution >= 0.6 is 0 Å². The van der Waals surface area contributed by atoms with E-state index < -0.39 is 0 Å². The predicted octanol–water partition coefficient (Wildman–Crippen LogP) is 1.75. The van der Waals surface area contributed by atoms with E-state index in [-0.39, 0.29) is 12.6 Å². The monoisotopic (exact) mass is 236 g/mol. The van der Waals surface area contributed by atoms with E-state index in [4.69, 9.17) is 10.8 Å². The SMILES string of the molecule is Cc1ccc(C(CN)NC(C)CCCO)cc1. The van der Waals surface area contributed by atoms with Crippen LogP contribution in [0.25, 0.3) is 0 Å². The van der Waals surface area contributed by atoms with E-state index in [1.807, 2.05) is 0 Å². The zero-order chi connectivity index (χ0) is 12.7. The number of aryl methyl sites for hydroxylation is 1. The third kappa shape index (κ3) is 4.86. The zero-order valence-electron chi connectivity index (χ0n) is 10.8. The lowest BCUT2D eigenvalue weighted by molar-refractivity contribution is 0.274. The summed E-state index contributed by atoms with van der Waals surface area (Å²) in [5.41, 5.74) is 8.30. The van der Waals surface area contributed by atoms with Crippen molar-refractivity contribution < 1.29 is 5.11 Å². The van der Waals surface area contributed by atoms with Crippen LogP contribution in [0.2, 0.25) is 0 Å². The molecule has 3 heteroatoms. The molecule has 4 N–H and O–H groups in total. The molecule has 2 unspecified atom stereocenters. The van der Waals surface area contributed by atoms with E-state index in [9.17, 15) is 0 Å². The molecule has 0 heterocycles. The summed E-state index contributed by atoms with van der Waals surface area (Å²) >= 11 is 0. The highest BCUT2D eigenvalue weighted by molar-refractivity contribution is 5.24. The van der Waals surface area contributed by atoms with Crippen molar-refractivity contribution in [2.45, 2.75) is 38.8 Å². The lowest BCUT2D eigenvalue weighted by Gasteiger charge is -2.22. The summed E-state index contributed by atoms with van der Waals surface area (Å²) in [6.07, 6.45) is 1.80. The molecule has 3 nitrogen and oxygen atoms in total. The lowest BCUT2D eigenvalue weighted by atomic mass is 10.0. The van der Waals surface area contributed by atoms with Gasteiger partial charge in [0.1, 0.15) is 0 Å². The molecule has 96 valence electrons. The van der Waals surface area contributed by atoms with Gasteiger partial charge in [-0.15, -0.1) is 0 Å². The first-order chi connectivity index (χ1) is 8.17. The Balaban J connectivity index is 2.56. The summed E-state index contributed by atoms with van der Waals surface area (Å²) in [5, 5.41) is 12.3. The Bertz CT molecular complexity index is 311. The molecule has 0 bridgehead atoms. The average Bonchev–Trinajstić information content (AvgIpc) is 2.34. The van der Waals surface area contributed by atoms with Crippen LogP contribution in [0.4, 0.5) is 0 Å². The maximum Gasteiger partial charge on any atom is 0.0446 e. The number of hydrogen-bond donors (Lipinski definition) is 3. The summed E-state index contributed by atoms with van der Waals surface area (Å²) in [4.78, 5) is 0. The fourth-order valence-electron chi connectivity index (χ4n) is 1.92. The van der Waals surface area contributed by atoms with Crippen molar-refractivity contribution in [1.29, 1.82) is 0 Å². The third-order valence-electron chi connectivity index (χ3n) is 3.00. The second-order valence-corrected chi connectivity index (χ2v) is 4.63. The van der Waals surface area contributed by atoms with E-state index in [1.165, 1.54) is 11.1 Å². The standard InChI is InChI=1S/C14H24N2O/c1-11-5-7-13(8-6-11)14(10-15)16-12(2)4-3-9-17/h5-8,12,14,16-17H,3-4,9-10,15H2,1-2H3. The molecule has 0 aliphatic carbocycles. The molecular weight excluding hydrogens is 212 g/mol. The van der Waals surface area contributed by atoms with Crippen molar-refractivity contribution >= 4 is 0 Å². The second kappa shape index (κ2) is 7.43. The smallest absolute Gasteiger partial charge is 0.0446 e. The number of hydrogen-bond acceptors (Lipinski definition) is 3. The summed E-state index contributed by atoms with van der Waals surface area (Å²) < 4.78 is 0. The molecule has 0 fully saturated rings. The van der Waals surface area contributed by atoms with Gasteiger partial charge in [-0.05, 0) is 32.3 Å². The number of rotatable bonds is 7. The molecule has 0 spiro atoms. The molecule has 0 aliphatic rings. The molecule has 0 saturated carbocycles. The third-order valence-corrected chi connectivity index (χ3v) is 3.00. The van der Waals surface area contributed by atoms with Gasteiger partial charge in [-0.1, -0.05) is 29.8 Å².